The summed E-state index contributed by atoms with van der Waals surface area (Å²) in [4.78, 5) is 28.6. The van der Waals surface area contributed by atoms with Crippen LogP contribution in [0, 0.1) is 0 Å². The van der Waals surface area contributed by atoms with Crippen molar-refractivity contribution < 1.29 is 14.1 Å². The van der Waals surface area contributed by atoms with E-state index >= 15 is 0 Å². The lowest BCUT2D eigenvalue weighted by Crippen LogP contribution is -2.26. The first-order chi connectivity index (χ1) is 13.6. The molecule has 9 nitrogen and oxygen atoms in total. The zero-order valence-corrected chi connectivity index (χ0v) is 15.5. The van der Waals surface area contributed by atoms with E-state index < -0.39 is 11.7 Å². The molecule has 3 heterocycles. The quantitative estimate of drug-likeness (QED) is 0.474. The summed E-state index contributed by atoms with van der Waals surface area (Å²) in [7, 11) is 0. The average Bonchev–Trinajstić information content (AvgIpc) is 3.28. The molecule has 28 heavy (non-hydrogen) atoms. The van der Waals surface area contributed by atoms with Gasteiger partial charge in [0.05, 0.1) is 12.2 Å². The molecule has 0 N–H and O–H groups in total. The Morgan fingerprint density at radius 2 is 2.04 bits per heavy atom. The number of aromatic nitrogens is 5. The molecular weight excluding hydrogens is 386 g/mol. The molecule has 0 fully saturated rings. The van der Waals surface area contributed by atoms with Gasteiger partial charge in [-0.1, -0.05) is 16.8 Å². The maximum absolute atomic E-state index is 12.5. The van der Waals surface area contributed by atoms with E-state index in [0.29, 0.717) is 22.1 Å². The van der Waals surface area contributed by atoms with Crippen LogP contribution in [0.15, 0.2) is 51.9 Å². The van der Waals surface area contributed by atoms with E-state index in [1.807, 2.05) is 0 Å². The van der Waals surface area contributed by atoms with Gasteiger partial charge in [0.1, 0.15) is 6.54 Å². The van der Waals surface area contributed by atoms with Crippen molar-refractivity contribution in [1.82, 2.24) is 24.3 Å². The molecule has 0 unspecified atom stereocenters. The summed E-state index contributed by atoms with van der Waals surface area (Å²) in [6.45, 7) is 1.63. The van der Waals surface area contributed by atoms with Crippen LogP contribution in [0.1, 0.15) is 6.92 Å². The van der Waals surface area contributed by atoms with E-state index in [9.17, 15) is 9.59 Å². The summed E-state index contributed by atoms with van der Waals surface area (Å²) in [6, 6.07) is 10.4. The van der Waals surface area contributed by atoms with Gasteiger partial charge in [-0.25, -0.2) is 13.9 Å². The number of hydrogen-bond acceptors (Lipinski definition) is 7. The first-order valence-electron chi connectivity index (χ1n) is 8.40. The highest BCUT2D eigenvalue weighted by molar-refractivity contribution is 6.30. The second-order valence-electron chi connectivity index (χ2n) is 5.79. The lowest BCUT2D eigenvalue weighted by Gasteiger charge is -1.99. The van der Waals surface area contributed by atoms with Crippen LogP contribution in [-0.2, 0) is 16.1 Å². The number of hydrogen-bond donors (Lipinski definition) is 0. The second-order valence-corrected chi connectivity index (χ2v) is 6.23. The third-order valence-corrected chi connectivity index (χ3v) is 4.20. The molecule has 3 aromatic heterocycles. The number of fused-ring (bicyclic) bond motifs is 1. The van der Waals surface area contributed by atoms with Crippen molar-refractivity contribution in [1.29, 1.82) is 0 Å². The molecule has 142 valence electrons. The Morgan fingerprint density at radius 1 is 1.25 bits per heavy atom. The highest BCUT2D eigenvalue weighted by Crippen LogP contribution is 2.25. The van der Waals surface area contributed by atoms with Gasteiger partial charge in [-0.15, -0.1) is 5.10 Å². The van der Waals surface area contributed by atoms with E-state index in [4.69, 9.17) is 20.9 Å². The van der Waals surface area contributed by atoms with Gasteiger partial charge in [-0.2, -0.15) is 4.98 Å². The van der Waals surface area contributed by atoms with E-state index in [1.165, 1.54) is 4.40 Å². The molecular formula is C18H14ClN5O4. The van der Waals surface area contributed by atoms with Gasteiger partial charge in [-0.05, 0) is 43.3 Å². The van der Waals surface area contributed by atoms with Gasteiger partial charge >= 0.3 is 11.7 Å². The summed E-state index contributed by atoms with van der Waals surface area (Å²) in [5.41, 5.74) is 1.02. The van der Waals surface area contributed by atoms with E-state index in [0.717, 1.165) is 10.2 Å². The fourth-order valence-corrected chi connectivity index (χ4v) is 2.81. The van der Waals surface area contributed by atoms with Crippen LogP contribution in [0.5, 0.6) is 0 Å². The van der Waals surface area contributed by atoms with E-state index in [-0.39, 0.29) is 19.0 Å². The van der Waals surface area contributed by atoms with Gasteiger partial charge in [0.2, 0.25) is 5.82 Å². The van der Waals surface area contributed by atoms with Gasteiger partial charge in [-0.3, -0.25) is 4.79 Å². The fraction of sp³-hybridized carbons (Fsp3) is 0.167. The van der Waals surface area contributed by atoms with Crippen LogP contribution in [0.3, 0.4) is 0 Å². The minimum absolute atomic E-state index is 0.198. The standard InChI is InChI=1S/C18H14ClN5O4/c1-2-27-14(25)10-24-18(26)23-9-3-4-13(16(23)21-24)17-20-15(22-28-17)11-5-7-12(19)8-6-11/h3-9H,2,10H2,1H3. The molecule has 0 aliphatic heterocycles. The molecule has 4 aromatic rings. The summed E-state index contributed by atoms with van der Waals surface area (Å²) >= 11 is 5.90. The zero-order chi connectivity index (χ0) is 19.7. The number of ether oxygens (including phenoxy) is 1. The first-order valence-corrected chi connectivity index (χ1v) is 8.78. The van der Waals surface area contributed by atoms with Crippen molar-refractivity contribution in [3.8, 4) is 22.8 Å². The van der Waals surface area contributed by atoms with Crippen molar-refractivity contribution in [2.24, 2.45) is 0 Å². The zero-order valence-electron chi connectivity index (χ0n) is 14.7. The van der Waals surface area contributed by atoms with Crippen molar-refractivity contribution >= 4 is 23.2 Å². The average molecular weight is 400 g/mol. The van der Waals surface area contributed by atoms with Gasteiger partial charge in [0.25, 0.3) is 5.89 Å². The predicted molar refractivity (Wildman–Crippen MR) is 99.8 cm³/mol. The van der Waals surface area contributed by atoms with E-state index in [2.05, 4.69) is 15.2 Å². The van der Waals surface area contributed by atoms with E-state index in [1.54, 1.807) is 49.5 Å². The molecule has 0 aliphatic carbocycles. The van der Waals surface area contributed by atoms with Crippen molar-refractivity contribution in [3.63, 3.8) is 0 Å². The van der Waals surface area contributed by atoms with Crippen molar-refractivity contribution in [2.75, 3.05) is 6.61 Å². The third kappa shape index (κ3) is 3.27. The monoisotopic (exact) mass is 399 g/mol. The number of halogens is 1. The molecule has 0 atom stereocenters. The number of pyridine rings is 1. The minimum Gasteiger partial charge on any atom is -0.465 e. The Bertz CT molecular complexity index is 1210. The van der Waals surface area contributed by atoms with Gasteiger partial charge in [0.15, 0.2) is 5.65 Å². The second kappa shape index (κ2) is 7.28. The Balaban J connectivity index is 1.74. The number of esters is 1. The van der Waals surface area contributed by atoms with Crippen LogP contribution < -0.4 is 5.69 Å². The lowest BCUT2D eigenvalue weighted by molar-refractivity contribution is -0.144. The van der Waals surface area contributed by atoms with Crippen molar-refractivity contribution in [2.45, 2.75) is 13.5 Å². The van der Waals surface area contributed by atoms with Gasteiger partial charge < -0.3 is 9.26 Å². The molecule has 0 radical (unpaired) electrons. The minimum atomic E-state index is -0.544. The molecule has 0 aliphatic rings. The summed E-state index contributed by atoms with van der Waals surface area (Å²) in [5.74, 6) is 0.0307. The fourth-order valence-electron chi connectivity index (χ4n) is 2.69. The number of carbonyl (C=O) groups excluding carboxylic acids is 1. The van der Waals surface area contributed by atoms with Gasteiger partial charge in [0, 0.05) is 16.8 Å². The largest absolute Gasteiger partial charge is 0.465 e. The summed E-state index contributed by atoms with van der Waals surface area (Å²) in [6.07, 6.45) is 1.55. The van der Waals surface area contributed by atoms with Crippen LogP contribution in [0.2, 0.25) is 5.02 Å². The molecule has 10 heteroatoms. The third-order valence-electron chi connectivity index (χ3n) is 3.95. The normalized spacial score (nSPS) is 11.1. The molecule has 0 saturated carbocycles. The predicted octanol–water partition coefficient (Wildman–Crippen LogP) is 2.43. The highest BCUT2D eigenvalue weighted by atomic mass is 35.5. The van der Waals surface area contributed by atoms with Crippen molar-refractivity contribution in [3.05, 3.63) is 58.1 Å². The molecule has 1 aromatic carbocycles. The van der Waals surface area contributed by atoms with Crippen LogP contribution >= 0.6 is 11.6 Å². The summed E-state index contributed by atoms with van der Waals surface area (Å²) in [5, 5.41) is 8.80. The first kappa shape index (κ1) is 17.9. The Labute approximate surface area is 163 Å². The van der Waals surface area contributed by atoms with Crippen LogP contribution in [0.4, 0.5) is 0 Å². The Morgan fingerprint density at radius 3 is 2.79 bits per heavy atom. The molecule has 0 spiro atoms. The smallest absolute Gasteiger partial charge is 0.350 e. The number of benzene rings is 1. The maximum Gasteiger partial charge on any atom is 0.350 e. The number of carbonyl (C=O) groups is 1. The maximum atomic E-state index is 12.5. The Kier molecular flexibility index (Phi) is 4.66. The molecule has 0 saturated heterocycles. The number of rotatable bonds is 5. The highest BCUT2D eigenvalue weighted by Gasteiger charge is 2.18. The SMILES string of the molecule is CCOC(=O)Cn1nc2c(-c3nc(-c4ccc(Cl)cc4)no3)cccn2c1=O. The van der Waals surface area contributed by atoms with Crippen LogP contribution in [-0.4, -0.2) is 36.9 Å². The number of nitrogens with zero attached hydrogens (tertiary/aromatic N) is 5. The lowest BCUT2D eigenvalue weighted by atomic mass is 10.2. The molecule has 0 bridgehead atoms. The van der Waals surface area contributed by atoms with Crippen LogP contribution in [0.25, 0.3) is 28.5 Å². The summed E-state index contributed by atoms with van der Waals surface area (Å²) < 4.78 is 12.6. The molecule has 0 amide bonds. The Hall–Kier alpha value is -3.46. The molecule has 4 rings (SSSR count). The topological polar surface area (TPSA) is 105 Å².